The number of benzene rings is 1. The minimum atomic E-state index is -0.623. The second-order valence-electron chi connectivity index (χ2n) is 5.55. The van der Waals surface area contributed by atoms with Crippen molar-refractivity contribution in [1.29, 1.82) is 0 Å². The molecule has 0 saturated heterocycles. The van der Waals surface area contributed by atoms with Crippen molar-refractivity contribution >= 4 is 12.2 Å². The monoisotopic (exact) mass is 262 g/mol. The molecule has 0 aliphatic heterocycles. The lowest BCUT2D eigenvalue weighted by Crippen LogP contribution is -2.25. The molecule has 1 aromatic rings. The molecule has 104 valence electrons. The minimum Gasteiger partial charge on any atom is -0.434 e. The van der Waals surface area contributed by atoms with Crippen molar-refractivity contribution < 1.29 is 14.3 Å². The average Bonchev–Trinajstić information content (AvgIpc) is 2.34. The van der Waals surface area contributed by atoms with Gasteiger partial charge in [0.15, 0.2) is 0 Å². The predicted molar refractivity (Wildman–Crippen MR) is 77.1 cm³/mol. The maximum Gasteiger partial charge on any atom is 0.508 e. The van der Waals surface area contributed by atoms with Gasteiger partial charge in [-0.1, -0.05) is 43.8 Å². The van der Waals surface area contributed by atoms with Crippen LogP contribution in [0.3, 0.4) is 0 Å². The summed E-state index contributed by atoms with van der Waals surface area (Å²) in [6.07, 6.45) is 1.17. The summed E-state index contributed by atoms with van der Waals surface area (Å²) in [5, 5.41) is 0. The summed E-state index contributed by atoms with van der Waals surface area (Å²) in [7, 11) is 0. The van der Waals surface area contributed by atoms with Crippen molar-refractivity contribution in [1.82, 2.24) is 0 Å². The third-order valence-electron chi connectivity index (χ3n) is 2.58. The van der Waals surface area contributed by atoms with E-state index in [1.54, 1.807) is 6.08 Å². The summed E-state index contributed by atoms with van der Waals surface area (Å²) in [5.74, 6) is 0.131. The van der Waals surface area contributed by atoms with E-state index in [-0.39, 0.29) is 5.92 Å². The average molecular weight is 262 g/mol. The van der Waals surface area contributed by atoms with Crippen molar-refractivity contribution in [3.05, 3.63) is 42.0 Å². The first-order chi connectivity index (χ1) is 8.81. The van der Waals surface area contributed by atoms with E-state index in [1.807, 2.05) is 52.0 Å². The zero-order valence-electron chi connectivity index (χ0n) is 12.1. The van der Waals surface area contributed by atoms with E-state index in [0.717, 1.165) is 11.1 Å². The van der Waals surface area contributed by atoms with E-state index in [4.69, 9.17) is 9.47 Å². The van der Waals surface area contributed by atoms with Crippen LogP contribution in [-0.4, -0.2) is 18.4 Å². The van der Waals surface area contributed by atoms with Gasteiger partial charge < -0.3 is 9.47 Å². The summed E-state index contributed by atoms with van der Waals surface area (Å²) in [6, 6.07) is 8.01. The third-order valence-corrected chi connectivity index (χ3v) is 2.58. The largest absolute Gasteiger partial charge is 0.508 e. The van der Waals surface area contributed by atoms with Crippen molar-refractivity contribution in [2.75, 3.05) is 6.61 Å². The molecule has 0 N–H and O–H groups in total. The van der Waals surface area contributed by atoms with E-state index >= 15 is 0 Å². The van der Waals surface area contributed by atoms with Gasteiger partial charge in [-0.05, 0) is 31.9 Å². The zero-order chi connectivity index (χ0) is 14.5. The van der Waals surface area contributed by atoms with Crippen LogP contribution in [0.2, 0.25) is 0 Å². The molecule has 0 saturated carbocycles. The van der Waals surface area contributed by atoms with Gasteiger partial charge in [-0.3, -0.25) is 0 Å². The Morgan fingerprint density at radius 3 is 2.37 bits per heavy atom. The predicted octanol–water partition coefficient (Wildman–Crippen LogP) is 4.38. The van der Waals surface area contributed by atoms with E-state index in [0.29, 0.717) is 6.61 Å². The maximum atomic E-state index is 11.4. The van der Waals surface area contributed by atoms with Crippen LogP contribution in [0.4, 0.5) is 4.79 Å². The van der Waals surface area contributed by atoms with Gasteiger partial charge in [-0.25, -0.2) is 4.79 Å². The van der Waals surface area contributed by atoms with E-state index < -0.39 is 11.8 Å². The first kappa shape index (κ1) is 15.3. The Morgan fingerprint density at radius 1 is 1.32 bits per heavy atom. The molecular formula is C16H22O3. The van der Waals surface area contributed by atoms with E-state index in [1.165, 1.54) is 0 Å². The van der Waals surface area contributed by atoms with Crippen LogP contribution < -0.4 is 0 Å². The molecule has 1 unspecified atom stereocenters. The summed E-state index contributed by atoms with van der Waals surface area (Å²) in [4.78, 5) is 11.4. The SMILES string of the molecule is C=Cc1ccc(C(C)COC(=O)OC(C)(C)C)cc1. The highest BCUT2D eigenvalue weighted by molar-refractivity contribution is 5.60. The number of ether oxygens (including phenoxy) is 2. The first-order valence-electron chi connectivity index (χ1n) is 6.40. The second-order valence-corrected chi connectivity index (χ2v) is 5.55. The lowest BCUT2D eigenvalue weighted by Gasteiger charge is -2.20. The van der Waals surface area contributed by atoms with Gasteiger partial charge in [0.05, 0.1) is 0 Å². The number of rotatable bonds is 4. The summed E-state index contributed by atoms with van der Waals surface area (Å²) in [6.45, 7) is 11.5. The lowest BCUT2D eigenvalue weighted by molar-refractivity contribution is -0.00894. The topological polar surface area (TPSA) is 35.5 Å². The second kappa shape index (κ2) is 6.41. The molecule has 0 aliphatic rings. The van der Waals surface area contributed by atoms with Gasteiger partial charge in [-0.15, -0.1) is 0 Å². The molecule has 0 radical (unpaired) electrons. The highest BCUT2D eigenvalue weighted by Gasteiger charge is 2.18. The highest BCUT2D eigenvalue weighted by Crippen LogP contribution is 2.17. The fourth-order valence-corrected chi connectivity index (χ4v) is 1.53. The summed E-state index contributed by atoms with van der Waals surface area (Å²) >= 11 is 0. The van der Waals surface area contributed by atoms with Crippen LogP contribution in [0, 0.1) is 0 Å². The van der Waals surface area contributed by atoms with Crippen LogP contribution in [-0.2, 0) is 9.47 Å². The van der Waals surface area contributed by atoms with Crippen molar-refractivity contribution in [3.8, 4) is 0 Å². The molecule has 1 atom stereocenters. The Bertz CT molecular complexity index is 426. The van der Waals surface area contributed by atoms with Gasteiger partial charge in [0.25, 0.3) is 0 Å². The van der Waals surface area contributed by atoms with Crippen LogP contribution >= 0.6 is 0 Å². The molecule has 3 nitrogen and oxygen atoms in total. The number of hydrogen-bond donors (Lipinski definition) is 0. The van der Waals surface area contributed by atoms with E-state index in [2.05, 4.69) is 6.58 Å². The van der Waals surface area contributed by atoms with Crippen molar-refractivity contribution in [3.63, 3.8) is 0 Å². The normalized spacial score (nSPS) is 12.6. The first-order valence-corrected chi connectivity index (χ1v) is 6.40. The van der Waals surface area contributed by atoms with Crippen molar-refractivity contribution in [2.45, 2.75) is 39.2 Å². The smallest absolute Gasteiger partial charge is 0.434 e. The number of carbonyl (C=O) groups excluding carboxylic acids is 1. The minimum absolute atomic E-state index is 0.131. The molecule has 1 aromatic carbocycles. The fraction of sp³-hybridized carbons (Fsp3) is 0.438. The Labute approximate surface area is 115 Å². The maximum absolute atomic E-state index is 11.4. The zero-order valence-corrected chi connectivity index (χ0v) is 12.1. The summed E-state index contributed by atoms with van der Waals surface area (Å²) < 4.78 is 10.2. The van der Waals surface area contributed by atoms with Gasteiger partial charge in [0.1, 0.15) is 12.2 Å². The quantitative estimate of drug-likeness (QED) is 0.755. The van der Waals surface area contributed by atoms with Gasteiger partial charge in [0.2, 0.25) is 0 Å². The molecule has 0 bridgehead atoms. The molecule has 0 aliphatic carbocycles. The molecular weight excluding hydrogens is 240 g/mol. The Kier molecular flexibility index (Phi) is 5.16. The molecule has 0 heterocycles. The number of carbonyl (C=O) groups is 1. The fourth-order valence-electron chi connectivity index (χ4n) is 1.53. The number of hydrogen-bond acceptors (Lipinski definition) is 3. The van der Waals surface area contributed by atoms with Gasteiger partial charge in [-0.2, -0.15) is 0 Å². The highest BCUT2D eigenvalue weighted by atomic mass is 16.7. The van der Waals surface area contributed by atoms with Crippen LogP contribution in [0.15, 0.2) is 30.8 Å². The van der Waals surface area contributed by atoms with Gasteiger partial charge in [0, 0.05) is 5.92 Å². The standard InChI is InChI=1S/C16H22O3/c1-6-13-7-9-14(10-8-13)12(2)11-18-15(17)19-16(3,4)5/h6-10,12H,1,11H2,2-5H3. The Morgan fingerprint density at radius 2 is 1.89 bits per heavy atom. The van der Waals surface area contributed by atoms with Crippen LogP contribution in [0.5, 0.6) is 0 Å². The molecule has 3 heteroatoms. The Balaban J connectivity index is 2.48. The lowest BCUT2D eigenvalue weighted by atomic mass is 10.0. The van der Waals surface area contributed by atoms with Crippen LogP contribution in [0.25, 0.3) is 6.08 Å². The van der Waals surface area contributed by atoms with E-state index in [9.17, 15) is 4.79 Å². The van der Waals surface area contributed by atoms with Crippen LogP contribution in [0.1, 0.15) is 44.7 Å². The molecule has 0 amide bonds. The Hall–Kier alpha value is -1.77. The molecule has 19 heavy (non-hydrogen) atoms. The molecule has 0 fully saturated rings. The third kappa shape index (κ3) is 5.60. The van der Waals surface area contributed by atoms with Crippen molar-refractivity contribution in [2.24, 2.45) is 0 Å². The molecule has 0 spiro atoms. The summed E-state index contributed by atoms with van der Waals surface area (Å²) in [5.41, 5.74) is 1.67. The molecule has 0 aromatic heterocycles. The van der Waals surface area contributed by atoms with Gasteiger partial charge >= 0.3 is 6.16 Å². The molecule has 1 rings (SSSR count).